The lowest BCUT2D eigenvalue weighted by Gasteiger charge is -2.24. The molecule has 0 saturated carbocycles. The van der Waals surface area contributed by atoms with E-state index in [1.54, 1.807) is 30.3 Å². The average molecular weight is 544 g/mol. The fraction of sp³-hybridized carbons (Fsp3) is 0.231. The summed E-state index contributed by atoms with van der Waals surface area (Å²) in [6, 6.07) is 15.6. The molecular weight excluding hydrogens is 514 g/mol. The minimum absolute atomic E-state index is 0.0902. The molecule has 3 aromatic rings. The molecule has 0 aromatic heterocycles. The number of amides is 1. The first-order valence-electron chi connectivity index (χ1n) is 11.2. The van der Waals surface area contributed by atoms with Crippen molar-refractivity contribution in [2.75, 3.05) is 46.4 Å². The van der Waals surface area contributed by atoms with E-state index in [0.29, 0.717) is 28.6 Å². The molecule has 0 fully saturated rings. The smallest absolute Gasteiger partial charge is 0.264 e. The van der Waals surface area contributed by atoms with Crippen LogP contribution >= 0.6 is 0 Å². The Morgan fingerprint density at radius 2 is 1.37 bits per heavy atom. The van der Waals surface area contributed by atoms with Crippen LogP contribution in [0.15, 0.2) is 70.7 Å². The van der Waals surface area contributed by atoms with E-state index in [1.807, 2.05) is 0 Å². The van der Waals surface area contributed by atoms with E-state index in [1.165, 1.54) is 72.1 Å². The third-order valence-corrected chi connectivity index (χ3v) is 7.17. The lowest BCUT2D eigenvalue weighted by Crippen LogP contribution is -2.39. The molecule has 11 nitrogen and oxygen atoms in total. The minimum Gasteiger partial charge on any atom is -0.497 e. The van der Waals surface area contributed by atoms with Crippen LogP contribution in [-0.2, 0) is 14.8 Å². The van der Waals surface area contributed by atoms with Gasteiger partial charge in [-0.2, -0.15) is 5.10 Å². The van der Waals surface area contributed by atoms with Crippen molar-refractivity contribution in [3.05, 3.63) is 66.2 Å². The number of rotatable bonds is 12. The fourth-order valence-electron chi connectivity index (χ4n) is 3.45. The summed E-state index contributed by atoms with van der Waals surface area (Å²) in [6.45, 7) is -0.549. The van der Waals surface area contributed by atoms with Crippen LogP contribution in [0.25, 0.3) is 0 Å². The summed E-state index contributed by atoms with van der Waals surface area (Å²) in [5, 5.41) is 3.95. The Kier molecular flexibility index (Phi) is 9.39. The van der Waals surface area contributed by atoms with E-state index in [9.17, 15) is 13.2 Å². The zero-order valence-electron chi connectivity index (χ0n) is 21.6. The van der Waals surface area contributed by atoms with E-state index >= 15 is 0 Å². The summed E-state index contributed by atoms with van der Waals surface area (Å²) < 4.78 is 54.4. The summed E-state index contributed by atoms with van der Waals surface area (Å²) in [7, 11) is 3.17. The van der Waals surface area contributed by atoms with Crippen molar-refractivity contribution in [1.82, 2.24) is 5.43 Å². The van der Waals surface area contributed by atoms with Gasteiger partial charge >= 0.3 is 0 Å². The van der Waals surface area contributed by atoms with Crippen molar-refractivity contribution in [3.8, 4) is 28.7 Å². The van der Waals surface area contributed by atoms with Gasteiger partial charge in [0.1, 0.15) is 12.3 Å². The molecule has 0 saturated heterocycles. The number of carbonyl (C=O) groups excluding carboxylic acids is 1. The van der Waals surface area contributed by atoms with Crippen LogP contribution in [0.2, 0.25) is 0 Å². The maximum absolute atomic E-state index is 13.7. The Bertz CT molecular complexity index is 1390. The molecule has 0 spiro atoms. The van der Waals surface area contributed by atoms with Gasteiger partial charge in [-0.05, 0) is 60.2 Å². The summed E-state index contributed by atoms with van der Waals surface area (Å²) in [6.07, 6.45) is 1.40. The number of carbonyl (C=O) groups is 1. The highest BCUT2D eigenvalue weighted by atomic mass is 32.2. The second-order valence-corrected chi connectivity index (χ2v) is 9.50. The molecule has 0 radical (unpaired) electrons. The van der Waals surface area contributed by atoms with Crippen LogP contribution in [0, 0.1) is 0 Å². The zero-order valence-corrected chi connectivity index (χ0v) is 22.4. The Hall–Kier alpha value is -4.45. The van der Waals surface area contributed by atoms with Crippen LogP contribution in [0.4, 0.5) is 5.69 Å². The fourth-order valence-corrected chi connectivity index (χ4v) is 4.88. The van der Waals surface area contributed by atoms with Gasteiger partial charge in [-0.3, -0.25) is 9.10 Å². The summed E-state index contributed by atoms with van der Waals surface area (Å²) in [4.78, 5) is 12.7. The molecule has 1 amide bonds. The topological polar surface area (TPSA) is 125 Å². The Morgan fingerprint density at radius 3 is 1.95 bits per heavy atom. The van der Waals surface area contributed by atoms with Gasteiger partial charge in [-0.25, -0.2) is 13.8 Å². The van der Waals surface area contributed by atoms with Crippen LogP contribution in [0.5, 0.6) is 28.7 Å². The van der Waals surface area contributed by atoms with Gasteiger partial charge < -0.3 is 23.7 Å². The number of benzene rings is 3. The highest BCUT2D eigenvalue weighted by molar-refractivity contribution is 7.92. The minimum atomic E-state index is -4.21. The number of nitrogens with zero attached hydrogens (tertiary/aromatic N) is 2. The second kappa shape index (κ2) is 12.7. The number of ether oxygens (including phenoxy) is 5. The standard InChI is InChI=1S/C26H29N3O8S/c1-33-20-9-7-19(8-10-20)29(38(31,32)21-11-13-23(35-3)25(15-21)37-5)17-26(30)28-27-16-18-6-12-22(34-2)24(14-18)36-4/h6-16H,17H2,1-5H3,(H,28,30)/b27-16+. The number of hydrogen-bond acceptors (Lipinski definition) is 9. The second-order valence-electron chi connectivity index (χ2n) is 7.63. The van der Waals surface area contributed by atoms with Crippen molar-refractivity contribution in [2.24, 2.45) is 5.10 Å². The normalized spacial score (nSPS) is 11.1. The first-order valence-corrected chi connectivity index (χ1v) is 12.6. The summed E-state index contributed by atoms with van der Waals surface area (Å²) in [5.41, 5.74) is 3.25. The molecule has 0 heterocycles. The number of anilines is 1. The molecule has 3 aromatic carbocycles. The predicted molar refractivity (Wildman–Crippen MR) is 142 cm³/mol. The van der Waals surface area contributed by atoms with E-state index in [0.717, 1.165) is 4.31 Å². The highest BCUT2D eigenvalue weighted by Gasteiger charge is 2.28. The van der Waals surface area contributed by atoms with Crippen LogP contribution < -0.4 is 33.4 Å². The van der Waals surface area contributed by atoms with Crippen molar-refractivity contribution in [2.45, 2.75) is 4.90 Å². The Morgan fingerprint density at radius 1 is 0.789 bits per heavy atom. The van der Waals surface area contributed by atoms with Gasteiger partial charge in [0.2, 0.25) is 0 Å². The molecule has 0 bridgehead atoms. The van der Waals surface area contributed by atoms with Crippen LogP contribution in [0.1, 0.15) is 5.56 Å². The van der Waals surface area contributed by atoms with E-state index in [2.05, 4.69) is 10.5 Å². The van der Waals surface area contributed by atoms with Crippen LogP contribution in [-0.4, -0.2) is 62.6 Å². The molecule has 0 aliphatic rings. The van der Waals surface area contributed by atoms with Crippen molar-refractivity contribution in [3.63, 3.8) is 0 Å². The molecule has 38 heavy (non-hydrogen) atoms. The van der Waals surface area contributed by atoms with Crippen molar-refractivity contribution in [1.29, 1.82) is 0 Å². The number of hydrogen-bond donors (Lipinski definition) is 1. The van der Waals surface area contributed by atoms with Gasteiger partial charge in [0.15, 0.2) is 23.0 Å². The number of sulfonamides is 1. The zero-order chi connectivity index (χ0) is 27.7. The van der Waals surface area contributed by atoms with Gasteiger partial charge in [-0.1, -0.05) is 0 Å². The molecule has 0 unspecified atom stereocenters. The lowest BCUT2D eigenvalue weighted by atomic mass is 10.2. The number of nitrogens with one attached hydrogen (secondary N) is 1. The largest absolute Gasteiger partial charge is 0.497 e. The van der Waals surface area contributed by atoms with Gasteiger partial charge in [-0.15, -0.1) is 0 Å². The predicted octanol–water partition coefficient (Wildman–Crippen LogP) is 3.08. The molecule has 0 aliphatic heterocycles. The maximum Gasteiger partial charge on any atom is 0.264 e. The maximum atomic E-state index is 13.7. The Balaban J connectivity index is 1.88. The molecule has 0 aliphatic carbocycles. The van der Waals surface area contributed by atoms with Crippen molar-refractivity contribution < 1.29 is 36.9 Å². The third-order valence-electron chi connectivity index (χ3n) is 5.40. The van der Waals surface area contributed by atoms with Gasteiger partial charge in [0.05, 0.1) is 52.3 Å². The molecular formula is C26H29N3O8S. The first-order chi connectivity index (χ1) is 18.3. The summed E-state index contributed by atoms with van der Waals surface area (Å²) >= 11 is 0. The van der Waals surface area contributed by atoms with E-state index < -0.39 is 22.5 Å². The van der Waals surface area contributed by atoms with Gasteiger partial charge in [0.25, 0.3) is 15.9 Å². The summed E-state index contributed by atoms with van der Waals surface area (Å²) in [5.74, 6) is 1.50. The Labute approximate surface area is 221 Å². The third kappa shape index (κ3) is 6.45. The molecule has 12 heteroatoms. The van der Waals surface area contributed by atoms with Crippen molar-refractivity contribution >= 4 is 27.8 Å². The SMILES string of the molecule is COc1ccc(N(CC(=O)N/N=C/c2ccc(OC)c(OC)c2)S(=O)(=O)c2ccc(OC)c(OC)c2)cc1. The highest BCUT2D eigenvalue weighted by Crippen LogP contribution is 2.32. The molecule has 3 rings (SSSR count). The molecule has 202 valence electrons. The van der Waals surface area contributed by atoms with Gasteiger partial charge in [0, 0.05) is 6.07 Å². The first kappa shape index (κ1) is 28.1. The number of hydrazone groups is 1. The van der Waals surface area contributed by atoms with E-state index in [-0.39, 0.29) is 16.3 Å². The van der Waals surface area contributed by atoms with E-state index in [4.69, 9.17) is 23.7 Å². The average Bonchev–Trinajstić information content (AvgIpc) is 2.95. The molecule has 1 N–H and O–H groups in total. The van der Waals surface area contributed by atoms with Crippen LogP contribution in [0.3, 0.4) is 0 Å². The lowest BCUT2D eigenvalue weighted by molar-refractivity contribution is -0.119. The monoisotopic (exact) mass is 543 g/mol. The molecule has 0 atom stereocenters. The number of methoxy groups -OCH3 is 5. The quantitative estimate of drug-likeness (QED) is 0.273.